The number of thioether (sulfide) groups is 1. The zero-order chi connectivity index (χ0) is 80.6. The zero-order valence-electron chi connectivity index (χ0n) is 67.0. The van der Waals surface area contributed by atoms with Crippen molar-refractivity contribution < 1.29 is 33.3 Å². The lowest BCUT2D eigenvalue weighted by molar-refractivity contribution is -0.130. The molecule has 6 aromatic carbocycles. The monoisotopic (exact) mass is 1820 g/mol. The Kier molecular flexibility index (Phi) is 26.2. The number of carbonyl (C=O) groups is 3. The fraction of sp³-hybridized carbons (Fsp3) is 0.455. The maximum atomic E-state index is 13.6. The second-order valence-electron chi connectivity index (χ2n) is 32.2. The van der Waals surface area contributed by atoms with Crippen LogP contribution in [0.15, 0.2) is 141 Å². The first-order valence-electron chi connectivity index (χ1n) is 40.5. The van der Waals surface area contributed by atoms with Crippen LogP contribution in [0, 0.1) is 0 Å². The molecule has 8 aliphatic rings. The van der Waals surface area contributed by atoms with Crippen LogP contribution in [-0.2, 0) is 38.4 Å². The van der Waals surface area contributed by atoms with Gasteiger partial charge < -0.3 is 68.2 Å². The van der Waals surface area contributed by atoms with Gasteiger partial charge in [-0.2, -0.15) is 11.8 Å². The van der Waals surface area contributed by atoms with Gasteiger partial charge in [0.1, 0.15) is 35.4 Å². The molecule has 11 heterocycles. The van der Waals surface area contributed by atoms with E-state index in [1.54, 1.807) is 21.8 Å². The molecule has 27 heteroatoms. The fourth-order valence-electron chi connectivity index (χ4n) is 17.8. The number of ether oxygens (including phenoxy) is 4. The standard InChI is InChI=1S/C30H36BrN5O2S.C29H35BrN4O3S.C29H33BrN4O2S2/c1-19(2)35-29(37)26-18-24-23-17-21(31)7-10-25(23)32-27(24)28(36(26)30(35)39)20-5-8-22(9-6-20)38-16-4-11-34-14-12-33(3)13-15-34;1-18(2)33-28(35)25-17-23-22-16-20(30)8-11-24(22)31-26(23)27(34(25)29(33)38)19-6-9-21(10-7-19)37-14-5-12-32(3)13-15-36-4;1-18(2)33-28(35)25-17-23-22-16-20(30)6-9-24(22)31-26(23)27(34(25)29(33)37)19-4-7-21(8-5-19)36-13-3-10-32-11-14-38-15-12-32/h5-10,17,19,26,28,32H,4,11-16,18H2,1-3H3;6-11,16,18,25,27,31H,5,12-15,17H2,1-4H3;4-9,16,18,25,27,31H,3,10-15,17H2,1-2H3. The SMILES string of the molecule is CC(C)N1C(=O)C2Cc3c([nH]c4ccc(Br)cc34)C(c3ccc(OCCCN4CCN(C)CC4)cc3)N2C1=S.CC(C)N1C(=O)C2Cc3c([nH]c4ccc(Br)cc34)C(c3ccc(OCCCN4CCSCC4)cc3)N2C1=S.COCCN(C)CCCOc1ccc(C2c3[nH]c4ccc(Br)cc4c3CC3C(=O)N(C(C)C)C(=S)N32)cc1. The number of aromatic nitrogens is 3. The van der Waals surface area contributed by atoms with Gasteiger partial charge in [-0.05, 0) is 236 Å². The van der Waals surface area contributed by atoms with Gasteiger partial charge in [0, 0.05) is 185 Å². The number of nitrogens with one attached hydrogen (secondary N) is 3. The summed E-state index contributed by atoms with van der Waals surface area (Å²) in [6.45, 7) is 25.9. The quantitative estimate of drug-likeness (QED) is 0.0386. The van der Waals surface area contributed by atoms with E-state index in [0.29, 0.717) is 54.4 Å². The predicted molar refractivity (Wildman–Crippen MR) is 482 cm³/mol. The molecule has 3 amide bonds. The summed E-state index contributed by atoms with van der Waals surface area (Å²) in [5.74, 6) is 5.33. The number of thiocarbonyl (C=S) groups is 3. The molecule has 8 aliphatic heterocycles. The first kappa shape index (κ1) is 83.1. The molecule has 0 aliphatic carbocycles. The molecule has 608 valence electrons. The van der Waals surface area contributed by atoms with Crippen LogP contribution in [-0.4, -0.2) is 258 Å². The van der Waals surface area contributed by atoms with Crippen LogP contribution in [0.4, 0.5) is 0 Å². The smallest absolute Gasteiger partial charge is 0.252 e. The number of likely N-dealkylation sites (N-methyl/N-ethyl adjacent to an activating group) is 2. The summed E-state index contributed by atoms with van der Waals surface area (Å²) in [5.41, 5.74) is 13.4. The molecule has 17 rings (SSSR count). The van der Waals surface area contributed by atoms with Crippen molar-refractivity contribution >= 4 is 162 Å². The van der Waals surface area contributed by atoms with Gasteiger partial charge in [0.15, 0.2) is 15.3 Å². The highest BCUT2D eigenvalue weighted by Gasteiger charge is 2.54. The van der Waals surface area contributed by atoms with Crippen molar-refractivity contribution in [2.24, 2.45) is 0 Å². The molecule has 0 radical (unpaired) electrons. The Morgan fingerprint density at radius 2 is 0.783 bits per heavy atom. The Hall–Kier alpha value is -6.99. The number of hydrogen-bond donors (Lipinski definition) is 3. The van der Waals surface area contributed by atoms with Crippen molar-refractivity contribution in [3.63, 3.8) is 0 Å². The molecule has 5 saturated heterocycles. The van der Waals surface area contributed by atoms with Crippen LogP contribution in [0.2, 0.25) is 0 Å². The molecule has 3 N–H and O–H groups in total. The Bertz CT molecular complexity index is 5050. The molecular formula is C88H104Br3N13O7S4. The molecule has 115 heavy (non-hydrogen) atoms. The summed E-state index contributed by atoms with van der Waals surface area (Å²) in [7, 11) is 6.00. The van der Waals surface area contributed by atoms with Crippen molar-refractivity contribution in [2.45, 2.75) is 134 Å². The van der Waals surface area contributed by atoms with Crippen LogP contribution in [0.3, 0.4) is 0 Å². The largest absolute Gasteiger partial charge is 0.494 e. The van der Waals surface area contributed by atoms with E-state index < -0.39 is 0 Å². The Morgan fingerprint density at radius 3 is 1.11 bits per heavy atom. The number of fused-ring (bicyclic) bond motifs is 12. The number of hydrogen-bond acceptors (Lipinski definition) is 15. The third-order valence-corrected chi connectivity index (χ3v) is 27.3. The number of piperazine rings is 1. The molecule has 20 nitrogen and oxygen atoms in total. The summed E-state index contributed by atoms with van der Waals surface area (Å²) in [5, 5.41) is 5.29. The maximum absolute atomic E-state index is 13.6. The molecule has 9 aromatic rings. The number of carbonyl (C=O) groups excluding carboxylic acids is 3. The van der Waals surface area contributed by atoms with Gasteiger partial charge in [0.05, 0.1) is 44.6 Å². The van der Waals surface area contributed by atoms with E-state index in [-0.39, 0.29) is 72.1 Å². The molecule has 3 aromatic heterocycles. The first-order valence-corrected chi connectivity index (χ1v) is 45.2. The Balaban J connectivity index is 0.000000136. The summed E-state index contributed by atoms with van der Waals surface area (Å²) < 4.78 is 26.5. The second-order valence-corrected chi connectivity index (χ2v) is 37.2. The van der Waals surface area contributed by atoms with Gasteiger partial charge in [0.25, 0.3) is 17.7 Å². The Labute approximate surface area is 720 Å². The van der Waals surface area contributed by atoms with E-state index in [2.05, 4.69) is 208 Å². The van der Waals surface area contributed by atoms with Crippen LogP contribution in [0.5, 0.6) is 17.2 Å². The van der Waals surface area contributed by atoms with E-state index in [0.717, 1.165) is 175 Å². The molecular weight excluding hydrogens is 1720 g/mol. The average Bonchev–Trinajstić information content (AvgIpc) is 1.58. The predicted octanol–water partition coefficient (Wildman–Crippen LogP) is 15.5. The molecule has 0 saturated carbocycles. The molecule has 6 unspecified atom stereocenters. The van der Waals surface area contributed by atoms with Crippen LogP contribution < -0.4 is 14.2 Å². The van der Waals surface area contributed by atoms with Crippen LogP contribution in [0.1, 0.15) is 129 Å². The van der Waals surface area contributed by atoms with Gasteiger partial charge in [-0.25, -0.2) is 0 Å². The summed E-state index contributed by atoms with van der Waals surface area (Å²) in [6, 6.07) is 42.4. The highest BCUT2D eigenvalue weighted by Crippen LogP contribution is 2.49. The van der Waals surface area contributed by atoms with Gasteiger partial charge in [-0.1, -0.05) is 84.2 Å². The highest BCUT2D eigenvalue weighted by atomic mass is 79.9. The van der Waals surface area contributed by atoms with E-state index in [1.807, 2.05) is 83.6 Å². The minimum Gasteiger partial charge on any atom is -0.494 e. The number of aromatic amines is 3. The first-order chi connectivity index (χ1) is 55.5. The zero-order valence-corrected chi connectivity index (χ0v) is 75.0. The van der Waals surface area contributed by atoms with Gasteiger partial charge >= 0.3 is 0 Å². The van der Waals surface area contributed by atoms with Crippen molar-refractivity contribution in [2.75, 3.05) is 125 Å². The van der Waals surface area contributed by atoms with Crippen molar-refractivity contribution in [1.29, 1.82) is 0 Å². The molecule has 5 fully saturated rings. The maximum Gasteiger partial charge on any atom is 0.252 e. The molecule has 0 bridgehead atoms. The number of H-pyrrole nitrogens is 3. The number of amides is 3. The van der Waals surface area contributed by atoms with E-state index >= 15 is 0 Å². The van der Waals surface area contributed by atoms with E-state index in [9.17, 15) is 14.4 Å². The topological polar surface area (TPSA) is 168 Å². The summed E-state index contributed by atoms with van der Waals surface area (Å²) >= 11 is 30.7. The van der Waals surface area contributed by atoms with Crippen molar-refractivity contribution in [3.05, 3.63) is 191 Å². The number of benzene rings is 6. The third-order valence-electron chi connectivity index (χ3n) is 23.6. The number of nitrogens with zero attached hydrogens (tertiary/aromatic N) is 10. The number of rotatable bonds is 24. The van der Waals surface area contributed by atoms with Gasteiger partial charge in [-0.15, -0.1) is 0 Å². The Morgan fingerprint density at radius 1 is 0.452 bits per heavy atom. The van der Waals surface area contributed by atoms with E-state index in [1.165, 1.54) is 41.3 Å². The van der Waals surface area contributed by atoms with Crippen LogP contribution in [0.25, 0.3) is 32.7 Å². The number of halogens is 3. The minimum absolute atomic E-state index is 0.00907. The lowest BCUT2D eigenvalue weighted by Crippen LogP contribution is -2.44. The normalized spacial score (nSPS) is 21.1. The lowest BCUT2D eigenvalue weighted by atomic mass is 9.89. The lowest BCUT2D eigenvalue weighted by Gasteiger charge is -2.37. The minimum atomic E-state index is -0.314. The van der Waals surface area contributed by atoms with Crippen molar-refractivity contribution in [1.82, 2.24) is 64.0 Å². The van der Waals surface area contributed by atoms with E-state index in [4.69, 9.17) is 55.6 Å². The summed E-state index contributed by atoms with van der Waals surface area (Å²) in [6.07, 6.45) is 4.89. The summed E-state index contributed by atoms with van der Waals surface area (Å²) in [4.78, 5) is 73.2. The van der Waals surface area contributed by atoms with Gasteiger partial charge in [-0.3, -0.25) is 29.1 Å². The average molecular weight is 1820 g/mol. The van der Waals surface area contributed by atoms with Crippen LogP contribution >= 0.6 is 96.2 Å². The molecule has 0 spiro atoms. The third kappa shape index (κ3) is 17.3. The number of methoxy groups -OCH3 is 1. The highest BCUT2D eigenvalue weighted by molar-refractivity contribution is 9.11. The van der Waals surface area contributed by atoms with Crippen molar-refractivity contribution in [3.8, 4) is 17.2 Å². The second kappa shape index (κ2) is 36.3. The molecule has 6 atom stereocenters. The van der Waals surface area contributed by atoms with Gasteiger partial charge in [0.2, 0.25) is 0 Å². The fourth-order valence-corrected chi connectivity index (χ4v) is 21.4.